The fourth-order valence-electron chi connectivity index (χ4n) is 2.35. The van der Waals surface area contributed by atoms with Crippen LogP contribution in [-0.2, 0) is 9.59 Å². The van der Waals surface area contributed by atoms with Gasteiger partial charge in [-0.15, -0.1) is 10.2 Å². The zero-order valence-electron chi connectivity index (χ0n) is 12.4. The van der Waals surface area contributed by atoms with Crippen molar-refractivity contribution in [2.45, 2.75) is 47.3 Å². The number of rotatable bonds is 7. The summed E-state index contributed by atoms with van der Waals surface area (Å²) in [6, 6.07) is 0.304. The number of nitrogens with two attached hydrogens (primary N) is 1. The molecule has 6 nitrogen and oxygen atoms in total. The van der Waals surface area contributed by atoms with E-state index in [1.165, 1.54) is 54.1 Å². The Bertz CT molecular complexity index is 523. The van der Waals surface area contributed by atoms with E-state index in [1.54, 1.807) is 0 Å². The molecule has 2 rings (SSSR count). The Hall–Kier alpha value is -0.800. The Morgan fingerprint density at radius 3 is 2.50 bits per heavy atom. The lowest BCUT2D eigenvalue weighted by Crippen LogP contribution is -2.41. The Morgan fingerprint density at radius 1 is 1.23 bits per heavy atom. The maximum atomic E-state index is 12.0. The Balaban J connectivity index is 1.72. The number of carbonyl (C=O) groups excluding carboxylic acids is 2. The van der Waals surface area contributed by atoms with Gasteiger partial charge < -0.3 is 11.1 Å². The maximum Gasteiger partial charge on any atom is 0.230 e. The lowest BCUT2D eigenvalue weighted by molar-refractivity contribution is -0.119. The molecule has 0 unspecified atom stereocenters. The van der Waals surface area contributed by atoms with Gasteiger partial charge in [0.25, 0.3) is 0 Å². The molecule has 1 aromatic rings. The largest absolute Gasteiger partial charge is 0.369 e. The molecule has 9 heteroatoms. The number of aromatic nitrogens is 2. The van der Waals surface area contributed by atoms with Gasteiger partial charge in [0.15, 0.2) is 8.68 Å². The number of carbonyl (C=O) groups is 2. The van der Waals surface area contributed by atoms with E-state index in [4.69, 9.17) is 5.73 Å². The lowest BCUT2D eigenvalue weighted by Gasteiger charge is -2.29. The van der Waals surface area contributed by atoms with Crippen LogP contribution in [0.15, 0.2) is 8.68 Å². The molecule has 0 bridgehead atoms. The van der Waals surface area contributed by atoms with Crippen molar-refractivity contribution in [3.63, 3.8) is 0 Å². The summed E-state index contributed by atoms with van der Waals surface area (Å²) in [5.41, 5.74) is 5.08. The Morgan fingerprint density at radius 2 is 1.86 bits per heavy atom. The molecule has 1 heterocycles. The van der Waals surface area contributed by atoms with E-state index in [0.29, 0.717) is 22.1 Å². The maximum absolute atomic E-state index is 12.0. The molecular formula is C13H20N4O2S3. The Kier molecular flexibility index (Phi) is 6.97. The van der Waals surface area contributed by atoms with Crippen LogP contribution in [0, 0.1) is 5.92 Å². The second-order valence-corrected chi connectivity index (χ2v) is 8.74. The predicted molar refractivity (Wildman–Crippen MR) is 90.1 cm³/mol. The second kappa shape index (κ2) is 8.73. The minimum absolute atomic E-state index is 0.0466. The van der Waals surface area contributed by atoms with Gasteiger partial charge in [-0.05, 0) is 18.8 Å². The monoisotopic (exact) mass is 360 g/mol. The summed E-state index contributed by atoms with van der Waals surface area (Å²) in [6.45, 7) is 2.20. The molecule has 2 atom stereocenters. The molecule has 2 amide bonds. The second-order valence-electron chi connectivity index (χ2n) is 5.31. The van der Waals surface area contributed by atoms with Crippen LogP contribution >= 0.6 is 34.9 Å². The third-order valence-electron chi connectivity index (χ3n) is 3.51. The highest BCUT2D eigenvalue weighted by Crippen LogP contribution is 2.29. The van der Waals surface area contributed by atoms with Crippen molar-refractivity contribution >= 4 is 46.7 Å². The number of hydrogen-bond acceptors (Lipinski definition) is 7. The van der Waals surface area contributed by atoms with Crippen LogP contribution in [0.1, 0.15) is 32.6 Å². The molecule has 0 radical (unpaired) electrons. The average molecular weight is 361 g/mol. The predicted octanol–water partition coefficient (Wildman–Crippen LogP) is 1.90. The van der Waals surface area contributed by atoms with Crippen LogP contribution < -0.4 is 11.1 Å². The fourth-order valence-corrected chi connectivity index (χ4v) is 4.92. The molecule has 0 aliphatic heterocycles. The van der Waals surface area contributed by atoms with E-state index in [2.05, 4.69) is 22.4 Å². The summed E-state index contributed by atoms with van der Waals surface area (Å²) in [7, 11) is 0. The van der Waals surface area contributed by atoms with Crippen LogP contribution in [0.3, 0.4) is 0 Å². The first-order valence-corrected chi connectivity index (χ1v) is 10.00. The van der Waals surface area contributed by atoms with Crippen LogP contribution in [0.25, 0.3) is 0 Å². The highest BCUT2D eigenvalue weighted by atomic mass is 32.2. The minimum atomic E-state index is -0.379. The zero-order chi connectivity index (χ0) is 15.9. The van der Waals surface area contributed by atoms with Crippen molar-refractivity contribution in [1.29, 1.82) is 0 Å². The molecule has 122 valence electrons. The quantitative estimate of drug-likeness (QED) is 0.721. The van der Waals surface area contributed by atoms with E-state index in [1.807, 2.05) is 0 Å². The third kappa shape index (κ3) is 5.77. The van der Waals surface area contributed by atoms with Crippen molar-refractivity contribution in [1.82, 2.24) is 15.5 Å². The van der Waals surface area contributed by atoms with Gasteiger partial charge in [-0.1, -0.05) is 54.6 Å². The van der Waals surface area contributed by atoms with E-state index in [0.717, 1.165) is 10.8 Å². The number of amides is 2. The van der Waals surface area contributed by atoms with E-state index < -0.39 is 0 Å². The lowest BCUT2D eigenvalue weighted by atomic mass is 9.86. The molecule has 0 aromatic carbocycles. The molecule has 1 aromatic heterocycles. The summed E-state index contributed by atoms with van der Waals surface area (Å²) in [6.07, 6.45) is 4.72. The third-order valence-corrected chi connectivity index (χ3v) is 6.72. The van der Waals surface area contributed by atoms with E-state index in [-0.39, 0.29) is 17.6 Å². The van der Waals surface area contributed by atoms with Gasteiger partial charge >= 0.3 is 0 Å². The highest BCUT2D eigenvalue weighted by Gasteiger charge is 2.22. The summed E-state index contributed by atoms with van der Waals surface area (Å²) in [5.74, 6) is 0.763. The van der Waals surface area contributed by atoms with Gasteiger partial charge in [-0.2, -0.15) is 0 Å². The number of nitrogens with one attached hydrogen (secondary N) is 1. The smallest absolute Gasteiger partial charge is 0.230 e. The first-order chi connectivity index (χ1) is 10.5. The van der Waals surface area contributed by atoms with Crippen LogP contribution in [0.5, 0.6) is 0 Å². The Labute approximate surface area is 142 Å². The van der Waals surface area contributed by atoms with Gasteiger partial charge in [-0.25, -0.2) is 0 Å². The summed E-state index contributed by atoms with van der Waals surface area (Å²) in [4.78, 5) is 22.7. The van der Waals surface area contributed by atoms with Crippen molar-refractivity contribution in [2.75, 3.05) is 11.5 Å². The van der Waals surface area contributed by atoms with Gasteiger partial charge in [-0.3, -0.25) is 9.59 Å². The molecule has 3 N–H and O–H groups in total. The number of thioether (sulfide) groups is 2. The van der Waals surface area contributed by atoms with Crippen LogP contribution in [-0.4, -0.2) is 39.6 Å². The van der Waals surface area contributed by atoms with Crippen molar-refractivity contribution < 1.29 is 9.59 Å². The van der Waals surface area contributed by atoms with E-state index >= 15 is 0 Å². The fraction of sp³-hybridized carbons (Fsp3) is 0.692. The van der Waals surface area contributed by atoms with E-state index in [9.17, 15) is 9.59 Å². The van der Waals surface area contributed by atoms with Gasteiger partial charge in [0.2, 0.25) is 11.8 Å². The molecule has 0 saturated heterocycles. The summed E-state index contributed by atoms with van der Waals surface area (Å²) in [5, 5.41) is 11.1. The molecule has 1 aliphatic carbocycles. The average Bonchev–Trinajstić information content (AvgIpc) is 2.93. The van der Waals surface area contributed by atoms with Crippen LogP contribution in [0.4, 0.5) is 0 Å². The molecule has 1 saturated carbocycles. The topological polar surface area (TPSA) is 98.0 Å². The van der Waals surface area contributed by atoms with Gasteiger partial charge in [0, 0.05) is 6.04 Å². The van der Waals surface area contributed by atoms with Crippen molar-refractivity contribution in [3.8, 4) is 0 Å². The van der Waals surface area contributed by atoms with Gasteiger partial charge in [0.1, 0.15) is 0 Å². The first-order valence-electron chi connectivity index (χ1n) is 7.21. The standard InChI is InChI=1S/C13H20N4O2S3/c1-8-4-2-3-5-9(8)15-11(19)7-21-13-17-16-12(22-13)20-6-10(14)18/h8-9H,2-7H2,1H3,(H2,14,18)(H,15,19)/t8-,9-/m0/s1. The normalized spacial score (nSPS) is 21.5. The molecule has 0 spiro atoms. The highest BCUT2D eigenvalue weighted by molar-refractivity contribution is 8.03. The number of nitrogens with zero attached hydrogens (tertiary/aromatic N) is 2. The molecule has 22 heavy (non-hydrogen) atoms. The first kappa shape index (κ1) is 17.6. The summed E-state index contributed by atoms with van der Waals surface area (Å²) < 4.78 is 1.43. The van der Waals surface area contributed by atoms with Crippen molar-refractivity contribution in [3.05, 3.63) is 0 Å². The van der Waals surface area contributed by atoms with Crippen LogP contribution in [0.2, 0.25) is 0 Å². The molecule has 1 fully saturated rings. The molecule has 1 aliphatic rings. The SMILES string of the molecule is C[C@H]1CCCC[C@@H]1NC(=O)CSc1nnc(SCC(N)=O)s1. The minimum Gasteiger partial charge on any atom is -0.369 e. The molecular weight excluding hydrogens is 340 g/mol. The zero-order valence-corrected chi connectivity index (χ0v) is 14.9. The number of hydrogen-bond donors (Lipinski definition) is 2. The summed E-state index contributed by atoms with van der Waals surface area (Å²) >= 11 is 4.03. The van der Waals surface area contributed by atoms with Crippen molar-refractivity contribution in [2.24, 2.45) is 11.7 Å². The van der Waals surface area contributed by atoms with Gasteiger partial charge in [0.05, 0.1) is 11.5 Å². The number of primary amides is 1.